The number of thiocarbonyl (C=S) groups is 1. The molecule has 2 aromatic rings. The maximum absolute atomic E-state index is 13.5. The topological polar surface area (TPSA) is 44.5 Å². The highest BCUT2D eigenvalue weighted by Crippen LogP contribution is 2.19. The lowest BCUT2D eigenvalue weighted by Gasteiger charge is -2.08. The molecule has 0 radical (unpaired) electrons. The molecule has 0 heterocycles. The molecule has 2 N–H and O–H groups in total. The van der Waals surface area contributed by atoms with Gasteiger partial charge in [0.1, 0.15) is 17.3 Å². The molecule has 0 saturated carbocycles. The van der Waals surface area contributed by atoms with E-state index in [0.717, 1.165) is 11.1 Å². The maximum atomic E-state index is 13.5. The summed E-state index contributed by atoms with van der Waals surface area (Å²) >= 11 is 4.87. The highest BCUT2D eigenvalue weighted by Gasteiger charge is 2.04. The van der Waals surface area contributed by atoms with Gasteiger partial charge in [-0.3, -0.25) is 0 Å². The predicted molar refractivity (Wildman–Crippen MR) is 79.6 cm³/mol. The van der Waals surface area contributed by atoms with Gasteiger partial charge in [0, 0.05) is 5.56 Å². The minimum absolute atomic E-state index is 0.217. The van der Waals surface area contributed by atoms with E-state index < -0.39 is 5.82 Å². The third kappa shape index (κ3) is 3.45. The van der Waals surface area contributed by atoms with Crippen molar-refractivity contribution < 1.29 is 13.9 Å². The number of rotatable bonds is 5. The normalized spacial score (nSPS) is 10.1. The standard InChI is InChI=1S/C15H14FNO2S/c1-18-14-7-2-10(8-13(14)16)9-19-12-5-3-11(4-6-12)15(17)20/h2-8H,9H2,1H3,(H2,17,20). The smallest absolute Gasteiger partial charge is 0.165 e. The number of benzene rings is 2. The maximum Gasteiger partial charge on any atom is 0.165 e. The van der Waals surface area contributed by atoms with Crippen molar-refractivity contribution >= 4 is 17.2 Å². The fourth-order valence-electron chi connectivity index (χ4n) is 1.68. The second-order valence-corrected chi connectivity index (χ2v) is 4.59. The summed E-state index contributed by atoms with van der Waals surface area (Å²) in [5.74, 6) is 0.480. The van der Waals surface area contributed by atoms with Gasteiger partial charge in [-0.1, -0.05) is 18.3 Å². The molecule has 0 unspecified atom stereocenters. The van der Waals surface area contributed by atoms with Gasteiger partial charge in [0.25, 0.3) is 0 Å². The van der Waals surface area contributed by atoms with Gasteiger partial charge in [-0.05, 0) is 42.0 Å². The van der Waals surface area contributed by atoms with E-state index in [9.17, 15) is 4.39 Å². The Labute approximate surface area is 122 Å². The molecule has 0 aromatic heterocycles. The highest BCUT2D eigenvalue weighted by molar-refractivity contribution is 7.80. The Hall–Kier alpha value is -2.14. The zero-order valence-corrected chi connectivity index (χ0v) is 11.7. The Bertz CT molecular complexity index is 614. The lowest BCUT2D eigenvalue weighted by Crippen LogP contribution is -2.08. The first-order chi connectivity index (χ1) is 9.60. The first-order valence-corrected chi connectivity index (χ1v) is 6.36. The van der Waals surface area contributed by atoms with Gasteiger partial charge in [-0.15, -0.1) is 0 Å². The lowest BCUT2D eigenvalue weighted by atomic mass is 10.2. The second-order valence-electron chi connectivity index (χ2n) is 4.15. The van der Waals surface area contributed by atoms with Crippen LogP contribution in [0.25, 0.3) is 0 Å². The number of methoxy groups -OCH3 is 1. The van der Waals surface area contributed by atoms with E-state index >= 15 is 0 Å². The molecule has 2 rings (SSSR count). The molecule has 5 heteroatoms. The molecule has 0 saturated heterocycles. The van der Waals surface area contributed by atoms with Crippen molar-refractivity contribution in [2.75, 3.05) is 7.11 Å². The summed E-state index contributed by atoms with van der Waals surface area (Å²) in [7, 11) is 1.43. The SMILES string of the molecule is COc1ccc(COc2ccc(C(N)=S)cc2)cc1F. The quantitative estimate of drug-likeness (QED) is 0.860. The summed E-state index contributed by atoms with van der Waals surface area (Å²) < 4.78 is 23.9. The first kappa shape index (κ1) is 14.3. The minimum Gasteiger partial charge on any atom is -0.494 e. The van der Waals surface area contributed by atoms with Crippen LogP contribution < -0.4 is 15.2 Å². The molecule has 0 aliphatic rings. The third-order valence-corrected chi connectivity index (χ3v) is 3.00. The van der Waals surface area contributed by atoms with Crippen LogP contribution >= 0.6 is 12.2 Å². The molecule has 0 bridgehead atoms. The van der Waals surface area contributed by atoms with E-state index in [4.69, 9.17) is 27.4 Å². The van der Waals surface area contributed by atoms with Crippen LogP contribution in [0.4, 0.5) is 4.39 Å². The Morgan fingerprint density at radius 1 is 1.20 bits per heavy atom. The monoisotopic (exact) mass is 291 g/mol. The summed E-state index contributed by atoms with van der Waals surface area (Å²) in [6.45, 7) is 0.271. The van der Waals surface area contributed by atoms with Crippen LogP contribution in [0.5, 0.6) is 11.5 Å². The third-order valence-electron chi connectivity index (χ3n) is 2.76. The molecule has 0 atom stereocenters. The lowest BCUT2D eigenvalue weighted by molar-refractivity contribution is 0.304. The molecule has 0 fully saturated rings. The van der Waals surface area contributed by atoms with Crippen molar-refractivity contribution in [3.8, 4) is 11.5 Å². The van der Waals surface area contributed by atoms with Crippen molar-refractivity contribution in [2.45, 2.75) is 6.61 Å². The van der Waals surface area contributed by atoms with Gasteiger partial charge < -0.3 is 15.2 Å². The van der Waals surface area contributed by atoms with Crippen molar-refractivity contribution in [3.05, 3.63) is 59.4 Å². The summed E-state index contributed by atoms with van der Waals surface area (Å²) in [5, 5.41) is 0. The van der Waals surface area contributed by atoms with E-state index in [0.29, 0.717) is 10.7 Å². The van der Waals surface area contributed by atoms with Crippen LogP contribution in [0, 0.1) is 5.82 Å². The fraction of sp³-hybridized carbons (Fsp3) is 0.133. The zero-order valence-electron chi connectivity index (χ0n) is 10.9. The molecule has 104 valence electrons. The molecule has 3 nitrogen and oxygen atoms in total. The Morgan fingerprint density at radius 3 is 2.45 bits per heavy atom. The molecule has 0 spiro atoms. The van der Waals surface area contributed by atoms with Crippen LogP contribution in [-0.4, -0.2) is 12.1 Å². The summed E-state index contributed by atoms with van der Waals surface area (Å²) in [6, 6.07) is 11.8. The molecule has 0 aliphatic heterocycles. The second kappa shape index (κ2) is 6.34. The first-order valence-electron chi connectivity index (χ1n) is 5.95. The van der Waals surface area contributed by atoms with Gasteiger partial charge in [-0.2, -0.15) is 0 Å². The molecule has 20 heavy (non-hydrogen) atoms. The van der Waals surface area contributed by atoms with Crippen LogP contribution in [-0.2, 0) is 6.61 Å². The highest BCUT2D eigenvalue weighted by atomic mass is 32.1. The summed E-state index contributed by atoms with van der Waals surface area (Å²) in [5.41, 5.74) is 7.01. The van der Waals surface area contributed by atoms with Crippen molar-refractivity contribution in [1.82, 2.24) is 0 Å². The average Bonchev–Trinajstić information content (AvgIpc) is 2.45. The number of hydrogen-bond acceptors (Lipinski definition) is 3. The largest absolute Gasteiger partial charge is 0.494 e. The Balaban J connectivity index is 2.01. The molecule has 0 aliphatic carbocycles. The average molecular weight is 291 g/mol. The molecule has 0 amide bonds. The van der Waals surface area contributed by atoms with Crippen LogP contribution in [0.1, 0.15) is 11.1 Å². The van der Waals surface area contributed by atoms with Gasteiger partial charge in [0.05, 0.1) is 7.11 Å². The number of ether oxygens (including phenoxy) is 2. The van der Waals surface area contributed by atoms with Crippen LogP contribution in [0.15, 0.2) is 42.5 Å². The predicted octanol–water partition coefficient (Wildman–Crippen LogP) is 3.05. The van der Waals surface area contributed by atoms with E-state index in [2.05, 4.69) is 0 Å². The Morgan fingerprint density at radius 2 is 1.90 bits per heavy atom. The van der Waals surface area contributed by atoms with Crippen molar-refractivity contribution in [3.63, 3.8) is 0 Å². The van der Waals surface area contributed by atoms with Crippen LogP contribution in [0.2, 0.25) is 0 Å². The number of hydrogen-bond donors (Lipinski definition) is 1. The summed E-state index contributed by atoms with van der Waals surface area (Å²) in [4.78, 5) is 0.341. The van der Waals surface area contributed by atoms with E-state index in [-0.39, 0.29) is 12.4 Å². The fourth-order valence-corrected chi connectivity index (χ4v) is 1.82. The van der Waals surface area contributed by atoms with E-state index in [1.54, 1.807) is 36.4 Å². The zero-order chi connectivity index (χ0) is 14.5. The van der Waals surface area contributed by atoms with E-state index in [1.807, 2.05) is 0 Å². The molecule has 2 aromatic carbocycles. The van der Waals surface area contributed by atoms with E-state index in [1.165, 1.54) is 13.2 Å². The molecular weight excluding hydrogens is 277 g/mol. The number of nitrogens with two attached hydrogens (primary N) is 1. The number of halogens is 1. The van der Waals surface area contributed by atoms with Crippen molar-refractivity contribution in [2.24, 2.45) is 5.73 Å². The van der Waals surface area contributed by atoms with Crippen molar-refractivity contribution in [1.29, 1.82) is 0 Å². The summed E-state index contributed by atoms with van der Waals surface area (Å²) in [6.07, 6.45) is 0. The van der Waals surface area contributed by atoms with Gasteiger partial charge in [0.2, 0.25) is 0 Å². The Kier molecular flexibility index (Phi) is 4.53. The van der Waals surface area contributed by atoms with Gasteiger partial charge in [0.15, 0.2) is 11.6 Å². The molecular formula is C15H14FNO2S. The minimum atomic E-state index is -0.405. The van der Waals surface area contributed by atoms with Gasteiger partial charge in [-0.25, -0.2) is 4.39 Å². The van der Waals surface area contributed by atoms with Crippen LogP contribution in [0.3, 0.4) is 0 Å². The van der Waals surface area contributed by atoms with Gasteiger partial charge >= 0.3 is 0 Å².